The Morgan fingerprint density at radius 2 is 1.86 bits per heavy atom. The Labute approximate surface area is 166 Å². The molecule has 1 aromatic carbocycles. The van der Waals surface area contributed by atoms with Gasteiger partial charge in [0.2, 0.25) is 0 Å². The Bertz CT molecular complexity index is 778. The second kappa shape index (κ2) is 7.26. The van der Waals surface area contributed by atoms with E-state index < -0.39 is 5.97 Å². The van der Waals surface area contributed by atoms with Crippen LogP contribution in [0.2, 0.25) is 0 Å². The highest BCUT2D eigenvalue weighted by Crippen LogP contribution is 2.47. The van der Waals surface area contributed by atoms with E-state index in [1.54, 1.807) is 0 Å². The minimum absolute atomic E-state index is 0.0564. The van der Waals surface area contributed by atoms with Gasteiger partial charge in [-0.1, -0.05) is 19.1 Å². The van der Waals surface area contributed by atoms with Crippen molar-refractivity contribution in [1.82, 2.24) is 4.90 Å². The first kappa shape index (κ1) is 19.0. The molecule has 2 unspecified atom stereocenters. The molecular weight excluding hydrogens is 354 g/mol. The molecule has 3 fully saturated rings. The third kappa shape index (κ3) is 3.80. The highest BCUT2D eigenvalue weighted by Gasteiger charge is 2.46. The number of likely N-dealkylation sites (tertiary alicyclic amines) is 1. The van der Waals surface area contributed by atoms with Crippen LogP contribution in [0.3, 0.4) is 0 Å². The smallest absolute Gasteiger partial charge is 0.306 e. The Kier molecular flexibility index (Phi) is 4.94. The summed E-state index contributed by atoms with van der Waals surface area (Å²) in [6.07, 6.45) is 5.91. The van der Waals surface area contributed by atoms with E-state index in [2.05, 4.69) is 13.5 Å². The Morgan fingerprint density at radius 3 is 2.50 bits per heavy atom. The lowest BCUT2D eigenvalue weighted by Crippen LogP contribution is -2.35. The van der Waals surface area contributed by atoms with Crippen LogP contribution in [-0.2, 0) is 4.79 Å². The van der Waals surface area contributed by atoms with Gasteiger partial charge in [-0.15, -0.1) is 0 Å². The van der Waals surface area contributed by atoms with Gasteiger partial charge in [-0.25, -0.2) is 0 Å². The van der Waals surface area contributed by atoms with Gasteiger partial charge in [-0.3, -0.25) is 9.59 Å². The molecule has 28 heavy (non-hydrogen) atoms. The molecular formula is C23H29NO4. The lowest BCUT2D eigenvalue weighted by Gasteiger charge is -2.28. The van der Waals surface area contributed by atoms with Gasteiger partial charge < -0.3 is 14.7 Å². The lowest BCUT2D eigenvalue weighted by atomic mass is 9.75. The van der Waals surface area contributed by atoms with Crippen LogP contribution < -0.4 is 4.74 Å². The number of carbonyl (C=O) groups is 2. The second-order valence-corrected chi connectivity index (χ2v) is 9.19. The first-order valence-corrected chi connectivity index (χ1v) is 10.3. The van der Waals surface area contributed by atoms with E-state index in [1.165, 1.54) is 5.57 Å². The molecule has 1 aliphatic heterocycles. The molecule has 2 bridgehead atoms. The van der Waals surface area contributed by atoms with Gasteiger partial charge in [-0.05, 0) is 74.6 Å². The summed E-state index contributed by atoms with van der Waals surface area (Å²) < 4.78 is 6.01. The highest BCUT2D eigenvalue weighted by molar-refractivity contribution is 5.95. The monoisotopic (exact) mass is 383 g/mol. The van der Waals surface area contributed by atoms with Crippen LogP contribution in [-0.4, -0.2) is 40.6 Å². The van der Waals surface area contributed by atoms with Crippen molar-refractivity contribution in [3.8, 4) is 5.75 Å². The van der Waals surface area contributed by atoms with Gasteiger partial charge in [0, 0.05) is 18.2 Å². The number of nitrogens with zero attached hydrogens (tertiary/aromatic N) is 1. The molecule has 0 spiro atoms. The van der Waals surface area contributed by atoms with Crippen LogP contribution in [0, 0.1) is 11.3 Å². The maximum absolute atomic E-state index is 13.0. The van der Waals surface area contributed by atoms with Gasteiger partial charge in [0.25, 0.3) is 5.91 Å². The predicted octanol–water partition coefficient (Wildman–Crippen LogP) is 4.28. The zero-order valence-corrected chi connectivity index (χ0v) is 16.5. The molecule has 5 nitrogen and oxygen atoms in total. The number of hydrogen-bond donors (Lipinski definition) is 1. The van der Waals surface area contributed by atoms with E-state index in [0.29, 0.717) is 18.4 Å². The summed E-state index contributed by atoms with van der Waals surface area (Å²) in [5.41, 5.74) is 2.13. The quantitative estimate of drug-likeness (QED) is 0.788. The molecule has 1 N–H and O–H groups in total. The number of hydrogen-bond acceptors (Lipinski definition) is 3. The fourth-order valence-electron chi connectivity index (χ4n) is 5.30. The number of aliphatic carboxylic acids is 1. The maximum atomic E-state index is 13.0. The van der Waals surface area contributed by atoms with Crippen LogP contribution >= 0.6 is 0 Å². The predicted molar refractivity (Wildman–Crippen MR) is 106 cm³/mol. The lowest BCUT2D eigenvalue weighted by molar-refractivity contribution is -0.143. The topological polar surface area (TPSA) is 66.8 Å². The number of carboxylic acids is 1. The van der Waals surface area contributed by atoms with Crippen molar-refractivity contribution in [2.75, 3.05) is 6.54 Å². The zero-order valence-electron chi connectivity index (χ0n) is 16.5. The summed E-state index contributed by atoms with van der Waals surface area (Å²) in [5.74, 6) is -0.101. The standard InChI is InChI=1S/C23H29NO4/c1-15-11-18-13-23(2,12-15)14-24(18)21(25)16-3-7-19(8-4-16)28-20-9-5-17(6-10-20)22(26)27/h3-4,7-8,17-18,20H,1,5-6,9-14H2,2H3,(H,26,27)/t17-,18?,20-,23?. The normalized spacial score (nSPS) is 32.2. The summed E-state index contributed by atoms with van der Waals surface area (Å²) >= 11 is 0. The molecule has 1 heterocycles. The summed E-state index contributed by atoms with van der Waals surface area (Å²) in [6, 6.07) is 7.69. The zero-order chi connectivity index (χ0) is 19.9. The van der Waals surface area contributed by atoms with E-state index in [-0.39, 0.29) is 29.4 Å². The molecule has 5 heteroatoms. The van der Waals surface area contributed by atoms with Crippen LogP contribution in [0.25, 0.3) is 0 Å². The number of ether oxygens (including phenoxy) is 1. The van der Waals surface area contributed by atoms with Crippen molar-refractivity contribution in [1.29, 1.82) is 0 Å². The third-order valence-corrected chi connectivity index (χ3v) is 6.61. The van der Waals surface area contributed by atoms with Crippen LogP contribution in [0.4, 0.5) is 0 Å². The van der Waals surface area contributed by atoms with Gasteiger partial charge in [0.1, 0.15) is 5.75 Å². The molecule has 150 valence electrons. The van der Waals surface area contributed by atoms with Crippen molar-refractivity contribution in [2.24, 2.45) is 11.3 Å². The molecule has 3 aliphatic rings. The van der Waals surface area contributed by atoms with Crippen molar-refractivity contribution in [2.45, 2.75) is 64.0 Å². The number of carboxylic acid groups (broad SMARTS) is 1. The molecule has 1 aromatic rings. The molecule has 1 saturated heterocycles. The van der Waals surface area contributed by atoms with Gasteiger partial charge >= 0.3 is 5.97 Å². The van der Waals surface area contributed by atoms with E-state index in [1.807, 2.05) is 29.2 Å². The minimum atomic E-state index is -0.704. The van der Waals surface area contributed by atoms with E-state index >= 15 is 0 Å². The Morgan fingerprint density at radius 1 is 1.18 bits per heavy atom. The number of rotatable bonds is 4. The van der Waals surface area contributed by atoms with Crippen molar-refractivity contribution < 1.29 is 19.4 Å². The molecule has 2 saturated carbocycles. The number of amides is 1. The number of fused-ring (bicyclic) bond motifs is 2. The summed E-state index contributed by atoms with van der Waals surface area (Å²) in [7, 11) is 0. The van der Waals surface area contributed by atoms with Gasteiger partial charge in [0.15, 0.2) is 0 Å². The maximum Gasteiger partial charge on any atom is 0.306 e. The van der Waals surface area contributed by atoms with Gasteiger partial charge in [0.05, 0.1) is 12.0 Å². The minimum Gasteiger partial charge on any atom is -0.490 e. The summed E-state index contributed by atoms with van der Waals surface area (Å²) in [5, 5.41) is 9.09. The molecule has 4 rings (SSSR count). The second-order valence-electron chi connectivity index (χ2n) is 9.19. The Balaban J connectivity index is 1.37. The van der Waals surface area contributed by atoms with Crippen LogP contribution in [0.1, 0.15) is 62.2 Å². The van der Waals surface area contributed by atoms with Crippen molar-refractivity contribution in [3.63, 3.8) is 0 Å². The average Bonchev–Trinajstić information content (AvgIpc) is 2.91. The van der Waals surface area contributed by atoms with Crippen molar-refractivity contribution >= 4 is 11.9 Å². The molecule has 2 aliphatic carbocycles. The first-order valence-electron chi connectivity index (χ1n) is 10.3. The van der Waals surface area contributed by atoms with Crippen LogP contribution in [0.15, 0.2) is 36.4 Å². The third-order valence-electron chi connectivity index (χ3n) is 6.61. The fourth-order valence-corrected chi connectivity index (χ4v) is 5.30. The molecule has 1 amide bonds. The van der Waals surface area contributed by atoms with E-state index in [0.717, 1.165) is 44.4 Å². The highest BCUT2D eigenvalue weighted by atomic mass is 16.5. The van der Waals surface area contributed by atoms with Crippen LogP contribution in [0.5, 0.6) is 5.75 Å². The average molecular weight is 383 g/mol. The summed E-state index contributed by atoms with van der Waals surface area (Å²) in [4.78, 5) is 26.1. The molecule has 2 atom stereocenters. The number of benzene rings is 1. The van der Waals surface area contributed by atoms with Gasteiger partial charge in [-0.2, -0.15) is 0 Å². The fraction of sp³-hybridized carbons (Fsp3) is 0.565. The van der Waals surface area contributed by atoms with E-state index in [9.17, 15) is 9.59 Å². The SMILES string of the molecule is C=C1CC2CC(C)(C1)CN2C(=O)c1ccc(O[C@H]2CC[C@H](C(=O)O)CC2)cc1. The molecule has 0 radical (unpaired) electrons. The Hall–Kier alpha value is -2.30. The van der Waals surface area contributed by atoms with Crippen molar-refractivity contribution in [3.05, 3.63) is 42.0 Å². The first-order chi connectivity index (χ1) is 13.3. The van der Waals surface area contributed by atoms with E-state index in [4.69, 9.17) is 9.84 Å². The largest absolute Gasteiger partial charge is 0.490 e. The molecule has 0 aromatic heterocycles. The number of carbonyl (C=O) groups excluding carboxylic acids is 1. The summed E-state index contributed by atoms with van der Waals surface area (Å²) in [6.45, 7) is 7.22.